The van der Waals surface area contributed by atoms with Gasteiger partial charge in [0, 0.05) is 0 Å². The van der Waals surface area contributed by atoms with Crippen LogP contribution in [0.2, 0.25) is 0 Å². The highest BCUT2D eigenvalue weighted by molar-refractivity contribution is 5.94. The summed E-state index contributed by atoms with van der Waals surface area (Å²) >= 11 is 0. The van der Waals surface area contributed by atoms with Crippen LogP contribution < -0.4 is 10.5 Å². The number of amides is 1. The molecule has 0 aliphatic rings. The molecule has 0 aromatic heterocycles. The third-order valence-corrected chi connectivity index (χ3v) is 2.09. The van der Waals surface area contributed by atoms with Gasteiger partial charge in [0.05, 0.1) is 6.61 Å². The number of hydrogen-bond donors (Lipinski definition) is 1. The lowest BCUT2D eigenvalue weighted by molar-refractivity contribution is -0.125. The summed E-state index contributed by atoms with van der Waals surface area (Å²) in [5.74, 6) is -0.885. The van der Waals surface area contributed by atoms with Crippen molar-refractivity contribution < 1.29 is 19.1 Å². The van der Waals surface area contributed by atoms with Gasteiger partial charge in [-0.1, -0.05) is 12.1 Å². The van der Waals surface area contributed by atoms with Gasteiger partial charge < -0.3 is 15.2 Å². The lowest BCUT2D eigenvalue weighted by atomic mass is 10.2. The van der Waals surface area contributed by atoms with E-state index in [1.54, 1.807) is 24.3 Å². The Morgan fingerprint density at radius 2 is 2.00 bits per heavy atom. The summed E-state index contributed by atoms with van der Waals surface area (Å²) in [5, 5.41) is 0. The standard InChI is InChI=1S/C12H15NO4/c1-3-16-10-7-5-4-6-9(10)12(15)17-8(2)11(13)14/h4-8H,3H2,1-2H3,(H2,13,14). The van der Waals surface area contributed by atoms with Crippen LogP contribution in [-0.2, 0) is 9.53 Å². The SMILES string of the molecule is CCOc1ccccc1C(=O)OC(C)C(N)=O. The Bertz CT molecular complexity index is 417. The fourth-order valence-corrected chi connectivity index (χ4v) is 1.20. The number of rotatable bonds is 5. The molecular weight excluding hydrogens is 222 g/mol. The molecule has 5 nitrogen and oxygen atoms in total. The quantitative estimate of drug-likeness (QED) is 0.778. The van der Waals surface area contributed by atoms with E-state index in [2.05, 4.69) is 0 Å². The Kier molecular flexibility index (Phi) is 4.51. The van der Waals surface area contributed by atoms with Crippen LogP contribution in [0.3, 0.4) is 0 Å². The molecule has 0 saturated heterocycles. The molecule has 17 heavy (non-hydrogen) atoms. The first-order valence-electron chi connectivity index (χ1n) is 5.28. The molecule has 1 rings (SSSR count). The molecule has 1 amide bonds. The van der Waals surface area contributed by atoms with Gasteiger partial charge in [-0.15, -0.1) is 0 Å². The van der Waals surface area contributed by atoms with Gasteiger partial charge in [0.25, 0.3) is 5.91 Å². The smallest absolute Gasteiger partial charge is 0.342 e. The number of nitrogens with two attached hydrogens (primary N) is 1. The molecule has 0 saturated carbocycles. The highest BCUT2D eigenvalue weighted by Gasteiger charge is 2.19. The van der Waals surface area contributed by atoms with Gasteiger partial charge in [0.1, 0.15) is 11.3 Å². The van der Waals surface area contributed by atoms with Crippen molar-refractivity contribution >= 4 is 11.9 Å². The highest BCUT2D eigenvalue weighted by atomic mass is 16.5. The number of benzene rings is 1. The van der Waals surface area contributed by atoms with Gasteiger partial charge in [-0.05, 0) is 26.0 Å². The Hall–Kier alpha value is -2.04. The maximum absolute atomic E-state index is 11.7. The predicted molar refractivity (Wildman–Crippen MR) is 61.7 cm³/mol. The van der Waals surface area contributed by atoms with Gasteiger partial charge >= 0.3 is 5.97 Å². The molecule has 1 aromatic carbocycles. The minimum Gasteiger partial charge on any atom is -0.493 e. The van der Waals surface area contributed by atoms with E-state index < -0.39 is 18.0 Å². The first-order chi connectivity index (χ1) is 8.06. The summed E-state index contributed by atoms with van der Waals surface area (Å²) in [6.45, 7) is 3.67. The highest BCUT2D eigenvalue weighted by Crippen LogP contribution is 2.19. The lowest BCUT2D eigenvalue weighted by Crippen LogP contribution is -2.30. The van der Waals surface area contributed by atoms with Gasteiger partial charge in [0.15, 0.2) is 6.10 Å². The van der Waals surface area contributed by atoms with Gasteiger partial charge in [0.2, 0.25) is 0 Å². The van der Waals surface area contributed by atoms with Gasteiger partial charge in [-0.3, -0.25) is 4.79 Å². The average molecular weight is 237 g/mol. The number of ether oxygens (including phenoxy) is 2. The number of para-hydroxylation sites is 1. The molecule has 1 atom stereocenters. The predicted octanol–water partition coefficient (Wildman–Crippen LogP) is 1.12. The second-order valence-electron chi connectivity index (χ2n) is 3.38. The van der Waals surface area contributed by atoms with Crippen LogP contribution in [0, 0.1) is 0 Å². The summed E-state index contributed by atoms with van der Waals surface area (Å²) in [5.41, 5.74) is 5.29. The van der Waals surface area contributed by atoms with Crippen LogP contribution in [0.5, 0.6) is 5.75 Å². The van der Waals surface area contributed by atoms with Gasteiger partial charge in [-0.2, -0.15) is 0 Å². The van der Waals surface area contributed by atoms with E-state index in [1.807, 2.05) is 6.92 Å². The molecule has 0 radical (unpaired) electrons. The molecule has 0 aliphatic heterocycles. The third-order valence-electron chi connectivity index (χ3n) is 2.09. The normalized spacial score (nSPS) is 11.6. The van der Waals surface area contributed by atoms with Gasteiger partial charge in [-0.25, -0.2) is 4.79 Å². The van der Waals surface area contributed by atoms with Crippen LogP contribution in [0.4, 0.5) is 0 Å². The molecule has 1 aromatic rings. The second kappa shape index (κ2) is 5.89. The van der Waals surface area contributed by atoms with Crippen LogP contribution >= 0.6 is 0 Å². The maximum atomic E-state index is 11.7. The zero-order valence-corrected chi connectivity index (χ0v) is 9.80. The van der Waals surface area contributed by atoms with E-state index in [0.717, 1.165) is 0 Å². The second-order valence-corrected chi connectivity index (χ2v) is 3.38. The Morgan fingerprint density at radius 3 is 2.59 bits per heavy atom. The van der Waals surface area contributed by atoms with Crippen molar-refractivity contribution in [2.24, 2.45) is 5.73 Å². The number of primary amides is 1. The largest absolute Gasteiger partial charge is 0.493 e. The molecule has 1 unspecified atom stereocenters. The van der Waals surface area contributed by atoms with Crippen molar-refractivity contribution in [3.63, 3.8) is 0 Å². The van der Waals surface area contributed by atoms with Crippen LogP contribution in [0.15, 0.2) is 24.3 Å². The van der Waals surface area contributed by atoms with Crippen molar-refractivity contribution in [2.75, 3.05) is 6.61 Å². The van der Waals surface area contributed by atoms with Crippen molar-refractivity contribution in [3.05, 3.63) is 29.8 Å². The van der Waals surface area contributed by atoms with Crippen molar-refractivity contribution in [3.8, 4) is 5.75 Å². The third kappa shape index (κ3) is 3.48. The zero-order chi connectivity index (χ0) is 12.8. The molecule has 0 fully saturated rings. The Balaban J connectivity index is 2.84. The topological polar surface area (TPSA) is 78.6 Å². The maximum Gasteiger partial charge on any atom is 0.342 e. The molecule has 0 spiro atoms. The Labute approximate surface area is 99.5 Å². The van der Waals surface area contributed by atoms with E-state index >= 15 is 0 Å². The summed E-state index contributed by atoms with van der Waals surface area (Å²) in [4.78, 5) is 22.5. The summed E-state index contributed by atoms with van der Waals surface area (Å²) in [7, 11) is 0. The average Bonchev–Trinajstić information content (AvgIpc) is 2.29. The molecular formula is C12H15NO4. The van der Waals surface area contributed by atoms with E-state index in [-0.39, 0.29) is 5.56 Å². The molecule has 92 valence electrons. The number of esters is 1. The lowest BCUT2D eigenvalue weighted by Gasteiger charge is -2.12. The number of carbonyl (C=O) groups excluding carboxylic acids is 2. The Morgan fingerprint density at radius 1 is 1.35 bits per heavy atom. The van der Waals surface area contributed by atoms with E-state index in [1.165, 1.54) is 6.92 Å². The summed E-state index contributed by atoms with van der Waals surface area (Å²) in [6.07, 6.45) is -0.961. The minimum atomic E-state index is -0.961. The van der Waals surface area contributed by atoms with Crippen LogP contribution in [0.25, 0.3) is 0 Å². The molecule has 2 N–H and O–H groups in total. The number of carbonyl (C=O) groups is 2. The van der Waals surface area contributed by atoms with Crippen molar-refractivity contribution in [1.82, 2.24) is 0 Å². The van der Waals surface area contributed by atoms with E-state index in [0.29, 0.717) is 12.4 Å². The van der Waals surface area contributed by atoms with E-state index in [4.69, 9.17) is 15.2 Å². The first kappa shape index (κ1) is 13.0. The zero-order valence-electron chi connectivity index (χ0n) is 9.80. The molecule has 5 heteroatoms. The van der Waals surface area contributed by atoms with Crippen LogP contribution in [0.1, 0.15) is 24.2 Å². The van der Waals surface area contributed by atoms with Crippen molar-refractivity contribution in [2.45, 2.75) is 20.0 Å². The molecule has 0 bridgehead atoms. The minimum absolute atomic E-state index is 0.280. The monoisotopic (exact) mass is 237 g/mol. The fourth-order valence-electron chi connectivity index (χ4n) is 1.20. The molecule has 0 aliphatic carbocycles. The van der Waals surface area contributed by atoms with E-state index in [9.17, 15) is 9.59 Å². The summed E-state index contributed by atoms with van der Waals surface area (Å²) in [6, 6.07) is 6.67. The van der Waals surface area contributed by atoms with Crippen LogP contribution in [-0.4, -0.2) is 24.6 Å². The summed E-state index contributed by atoms with van der Waals surface area (Å²) < 4.78 is 10.2. The molecule has 0 heterocycles. The number of hydrogen-bond acceptors (Lipinski definition) is 4. The first-order valence-corrected chi connectivity index (χ1v) is 5.28. The van der Waals surface area contributed by atoms with Crippen molar-refractivity contribution in [1.29, 1.82) is 0 Å². The fraction of sp³-hybridized carbons (Fsp3) is 0.333.